The van der Waals surface area contributed by atoms with E-state index in [9.17, 15) is 0 Å². The average Bonchev–Trinajstić information content (AvgIpc) is 2.04. The van der Waals surface area contributed by atoms with Crippen LogP contribution in [0.1, 0.15) is 0 Å². The Morgan fingerprint density at radius 1 is 1.07 bits per heavy atom. The largest absolute Gasteiger partial charge is 2.00 e. The molecule has 0 fully saturated rings. The standard InChI is InChI=1S/C8H10N3.3ClH.Zn/c1-11(2)8-6-4-3-5-7(8)10-9;;;;/h3-6H,1-2H3;3*1H;/q+1;;;;+2/p-3. The van der Waals surface area contributed by atoms with E-state index in [1.807, 2.05) is 37.2 Å². The predicted octanol–water partition coefficient (Wildman–Crippen LogP) is -6.75. The van der Waals surface area contributed by atoms with Crippen LogP contribution in [0.5, 0.6) is 0 Å². The number of rotatable bonds is 1. The van der Waals surface area contributed by atoms with Crippen molar-refractivity contribution >= 4 is 11.4 Å². The van der Waals surface area contributed by atoms with E-state index in [-0.39, 0.29) is 56.7 Å². The van der Waals surface area contributed by atoms with Gasteiger partial charge in [0.05, 0.1) is 0 Å². The summed E-state index contributed by atoms with van der Waals surface area (Å²) < 4.78 is 0. The molecule has 0 aliphatic carbocycles. The summed E-state index contributed by atoms with van der Waals surface area (Å²) in [5.41, 5.74) is 1.51. The van der Waals surface area contributed by atoms with Crippen molar-refractivity contribution in [2.75, 3.05) is 19.0 Å². The normalized spacial score (nSPS) is 6.47. The number of anilines is 1. The second-order valence-corrected chi connectivity index (χ2v) is 2.48. The minimum atomic E-state index is 0. The number of halogens is 3. The van der Waals surface area contributed by atoms with Gasteiger partial charge in [-0.15, -0.1) is 0 Å². The van der Waals surface area contributed by atoms with E-state index in [2.05, 4.69) is 4.98 Å². The van der Waals surface area contributed by atoms with Gasteiger partial charge in [0.25, 0.3) is 0 Å². The number of para-hydroxylation sites is 1. The molecule has 1 rings (SSSR count). The van der Waals surface area contributed by atoms with Gasteiger partial charge in [0.2, 0.25) is 5.39 Å². The monoisotopic (exact) mass is 317 g/mol. The summed E-state index contributed by atoms with van der Waals surface area (Å²) >= 11 is 0. The first-order chi connectivity index (χ1) is 5.25. The summed E-state index contributed by atoms with van der Waals surface area (Å²) in [6.45, 7) is 0. The van der Waals surface area contributed by atoms with Crippen molar-refractivity contribution in [2.45, 2.75) is 0 Å². The number of diazo groups is 1. The van der Waals surface area contributed by atoms with Crippen molar-refractivity contribution in [1.29, 1.82) is 5.39 Å². The molecular weight excluding hydrogens is 310 g/mol. The van der Waals surface area contributed by atoms with E-state index >= 15 is 0 Å². The van der Waals surface area contributed by atoms with E-state index < -0.39 is 0 Å². The zero-order chi connectivity index (χ0) is 8.27. The molecule has 0 heterocycles. The van der Waals surface area contributed by atoms with E-state index in [0.717, 1.165) is 5.69 Å². The van der Waals surface area contributed by atoms with E-state index in [0.29, 0.717) is 5.69 Å². The van der Waals surface area contributed by atoms with E-state index in [1.165, 1.54) is 0 Å². The average molecular weight is 320 g/mol. The van der Waals surface area contributed by atoms with Gasteiger partial charge in [-0.1, -0.05) is 12.1 Å². The van der Waals surface area contributed by atoms with Crippen molar-refractivity contribution in [2.24, 2.45) is 0 Å². The molecule has 0 bridgehead atoms. The molecule has 0 aliphatic rings. The van der Waals surface area contributed by atoms with Gasteiger partial charge in [0, 0.05) is 20.2 Å². The Bertz CT molecular complexity index is 301. The second kappa shape index (κ2) is 12.0. The van der Waals surface area contributed by atoms with Crippen molar-refractivity contribution in [3.05, 3.63) is 29.2 Å². The van der Waals surface area contributed by atoms with Gasteiger partial charge < -0.3 is 42.1 Å². The third-order valence-electron chi connectivity index (χ3n) is 1.47. The molecule has 0 N–H and O–H groups in total. The van der Waals surface area contributed by atoms with Gasteiger partial charge in [-0.2, -0.15) is 0 Å². The summed E-state index contributed by atoms with van der Waals surface area (Å²) in [4.78, 5) is 5.05. The molecule has 0 atom stereocenters. The van der Waals surface area contributed by atoms with Crippen molar-refractivity contribution in [1.82, 2.24) is 0 Å². The van der Waals surface area contributed by atoms with Crippen LogP contribution in [0.15, 0.2) is 24.3 Å². The Morgan fingerprint density at radius 3 is 1.87 bits per heavy atom. The molecule has 1 aromatic carbocycles. The van der Waals surface area contributed by atoms with Gasteiger partial charge in [0.1, 0.15) is 5.69 Å². The van der Waals surface area contributed by atoms with Crippen LogP contribution < -0.4 is 42.1 Å². The van der Waals surface area contributed by atoms with Crippen LogP contribution in [-0.4, -0.2) is 14.1 Å². The minimum Gasteiger partial charge on any atom is -1.00 e. The van der Waals surface area contributed by atoms with Gasteiger partial charge in [-0.25, -0.2) is 0 Å². The van der Waals surface area contributed by atoms with E-state index in [1.54, 1.807) is 6.07 Å². The number of hydrogen-bond acceptors (Lipinski definition) is 2. The van der Waals surface area contributed by atoms with Crippen molar-refractivity contribution in [3.63, 3.8) is 0 Å². The number of hydrogen-bond donors (Lipinski definition) is 0. The van der Waals surface area contributed by atoms with Crippen LogP contribution >= 0.6 is 0 Å². The third kappa shape index (κ3) is 6.92. The molecule has 0 spiro atoms. The maximum atomic E-state index is 8.57. The summed E-state index contributed by atoms with van der Waals surface area (Å²) in [5, 5.41) is 8.57. The molecule has 0 aliphatic heterocycles. The van der Waals surface area contributed by atoms with Crippen LogP contribution in [0, 0.1) is 5.39 Å². The summed E-state index contributed by atoms with van der Waals surface area (Å²) in [6, 6.07) is 7.40. The molecule has 1 aromatic rings. The molecular formula is C8H10Cl3N3Zn. The van der Waals surface area contributed by atoms with Crippen LogP contribution in [0.4, 0.5) is 11.4 Å². The summed E-state index contributed by atoms with van der Waals surface area (Å²) in [6.07, 6.45) is 0. The quantitative estimate of drug-likeness (QED) is 0.381. The van der Waals surface area contributed by atoms with Gasteiger partial charge in [-0.3, -0.25) is 0 Å². The van der Waals surface area contributed by atoms with Gasteiger partial charge in [0.15, 0.2) is 4.98 Å². The van der Waals surface area contributed by atoms with Crippen LogP contribution in [0.25, 0.3) is 4.98 Å². The first-order valence-electron chi connectivity index (χ1n) is 3.37. The Kier molecular flexibility index (Phi) is 19.4. The molecule has 0 radical (unpaired) electrons. The number of benzene rings is 1. The SMILES string of the molecule is CN(C)c1ccccc1[N+]#N.[Cl-].[Cl-].[Cl-].[Zn+2]. The molecule has 3 nitrogen and oxygen atoms in total. The zero-order valence-corrected chi connectivity index (χ0v) is 13.7. The number of nitrogens with zero attached hydrogens (tertiary/aromatic N) is 3. The van der Waals surface area contributed by atoms with Crippen LogP contribution in [0.2, 0.25) is 0 Å². The molecule has 80 valence electrons. The molecule has 7 heteroatoms. The van der Waals surface area contributed by atoms with Crippen LogP contribution in [-0.2, 0) is 19.5 Å². The second-order valence-electron chi connectivity index (χ2n) is 2.48. The summed E-state index contributed by atoms with van der Waals surface area (Å²) in [5.74, 6) is 0. The maximum absolute atomic E-state index is 8.57. The minimum absolute atomic E-state index is 0. The fraction of sp³-hybridized carbons (Fsp3) is 0.250. The molecule has 0 saturated carbocycles. The first-order valence-corrected chi connectivity index (χ1v) is 3.37. The molecule has 0 unspecified atom stereocenters. The predicted molar refractivity (Wildman–Crippen MR) is 45.5 cm³/mol. The molecule has 0 amide bonds. The van der Waals surface area contributed by atoms with E-state index in [4.69, 9.17) is 5.39 Å². The third-order valence-corrected chi connectivity index (χ3v) is 1.47. The van der Waals surface area contributed by atoms with Crippen molar-refractivity contribution in [3.8, 4) is 0 Å². The smallest absolute Gasteiger partial charge is 1.00 e. The van der Waals surface area contributed by atoms with Crippen LogP contribution in [0.3, 0.4) is 0 Å². The van der Waals surface area contributed by atoms with Gasteiger partial charge >= 0.3 is 25.2 Å². The van der Waals surface area contributed by atoms with Gasteiger partial charge in [-0.05, 0) is 6.07 Å². The fourth-order valence-corrected chi connectivity index (χ4v) is 0.927. The maximum Gasteiger partial charge on any atom is 2.00 e. The fourth-order valence-electron chi connectivity index (χ4n) is 0.927. The molecule has 15 heavy (non-hydrogen) atoms. The topological polar surface area (TPSA) is 31.4 Å². The Morgan fingerprint density at radius 2 is 1.53 bits per heavy atom. The summed E-state index contributed by atoms with van der Waals surface area (Å²) in [7, 11) is 3.81. The molecule has 0 aromatic heterocycles. The Hall–Kier alpha value is -0.0666. The first kappa shape index (κ1) is 24.3. The van der Waals surface area contributed by atoms with Crippen molar-refractivity contribution < 1.29 is 56.7 Å². The molecule has 0 saturated heterocycles. The Balaban J connectivity index is -0.000000151. The zero-order valence-electron chi connectivity index (χ0n) is 8.49. The Labute approximate surface area is 121 Å².